The Bertz CT molecular complexity index is 955. The molecule has 2 saturated heterocycles. The lowest BCUT2D eigenvalue weighted by atomic mass is 9.98. The van der Waals surface area contributed by atoms with E-state index in [0.29, 0.717) is 12.1 Å². The Hall–Kier alpha value is -1.03. The molecule has 1 N–H and O–H groups in total. The van der Waals surface area contributed by atoms with Gasteiger partial charge in [0, 0.05) is 18.1 Å². The summed E-state index contributed by atoms with van der Waals surface area (Å²) in [7, 11) is -7.66. The summed E-state index contributed by atoms with van der Waals surface area (Å²) in [5.74, 6) is -1.57. The third-order valence-corrected chi connectivity index (χ3v) is 10.3. The van der Waals surface area contributed by atoms with Gasteiger partial charge in [-0.15, -0.1) is 0 Å². The van der Waals surface area contributed by atoms with E-state index in [4.69, 9.17) is 0 Å². The summed E-state index contributed by atoms with van der Waals surface area (Å²) in [5, 5.41) is 2.02. The third-order valence-electron chi connectivity index (χ3n) is 6.10. The molecule has 0 bridgehead atoms. The number of piperidine rings is 1. The van der Waals surface area contributed by atoms with E-state index in [0.717, 1.165) is 32.0 Å². The Labute approximate surface area is 173 Å². The van der Waals surface area contributed by atoms with Gasteiger partial charge in [0.15, 0.2) is 19.7 Å². The van der Waals surface area contributed by atoms with Gasteiger partial charge in [-0.25, -0.2) is 21.2 Å². The summed E-state index contributed by atoms with van der Waals surface area (Å²) in [6.45, 7) is 8.27. The second-order valence-electron chi connectivity index (χ2n) is 8.94. The molecule has 0 aliphatic carbocycles. The molecule has 29 heavy (non-hydrogen) atoms. The van der Waals surface area contributed by atoms with Gasteiger partial charge in [0.2, 0.25) is 0 Å². The van der Waals surface area contributed by atoms with Crippen molar-refractivity contribution < 1.29 is 21.2 Å². The fraction of sp³-hybridized carbons (Fsp3) is 0.700. The first-order valence-corrected chi connectivity index (χ1v) is 13.5. The molecule has 6 nitrogen and oxygen atoms in total. The van der Waals surface area contributed by atoms with Gasteiger partial charge in [0.25, 0.3) is 0 Å². The lowest BCUT2D eigenvalue weighted by Crippen LogP contribution is -2.56. The number of rotatable bonds is 6. The van der Waals surface area contributed by atoms with Crippen LogP contribution in [0.1, 0.15) is 38.7 Å². The molecule has 0 radical (unpaired) electrons. The molecule has 2 aliphatic heterocycles. The van der Waals surface area contributed by atoms with Crippen LogP contribution in [0.2, 0.25) is 0 Å². The zero-order valence-electron chi connectivity index (χ0n) is 17.3. The molecular weight excluding hydrogens is 415 g/mol. The molecule has 0 aromatic heterocycles. The number of sulfone groups is 2. The van der Waals surface area contributed by atoms with Crippen LogP contribution in [0.3, 0.4) is 0 Å². The highest BCUT2D eigenvalue weighted by atomic mass is 32.2. The lowest BCUT2D eigenvalue weighted by Gasteiger charge is -2.42. The van der Waals surface area contributed by atoms with E-state index >= 15 is 0 Å². The number of likely N-dealkylation sites (tertiary alicyclic amines) is 1. The van der Waals surface area contributed by atoms with Crippen LogP contribution in [0.4, 0.5) is 4.39 Å². The average molecular weight is 447 g/mol. The molecule has 1 aromatic carbocycles. The zero-order chi connectivity index (χ0) is 21.4. The molecule has 164 valence electrons. The van der Waals surface area contributed by atoms with E-state index in [1.807, 2.05) is 0 Å². The van der Waals surface area contributed by atoms with Gasteiger partial charge in [-0.2, -0.15) is 0 Å². The molecule has 0 spiro atoms. The van der Waals surface area contributed by atoms with Gasteiger partial charge in [-0.05, 0) is 64.4 Å². The molecule has 2 aliphatic rings. The maximum Gasteiger partial charge on any atom is 0.186 e. The first-order valence-electron chi connectivity index (χ1n) is 10.1. The molecule has 3 rings (SSSR count). The minimum Gasteiger partial charge on any atom is -0.310 e. The second kappa shape index (κ2) is 8.24. The average Bonchev–Trinajstić information content (AvgIpc) is 2.98. The highest BCUT2D eigenvalue weighted by Gasteiger charge is 2.47. The monoisotopic (exact) mass is 446 g/mol. The minimum absolute atomic E-state index is 0.227. The molecule has 0 amide bonds. The van der Waals surface area contributed by atoms with Gasteiger partial charge >= 0.3 is 0 Å². The number of nitrogens with zero attached hydrogens (tertiary/aromatic N) is 1. The normalized spacial score (nSPS) is 25.9. The van der Waals surface area contributed by atoms with Gasteiger partial charge in [-0.1, -0.05) is 12.5 Å². The number of halogens is 1. The topological polar surface area (TPSA) is 83.5 Å². The van der Waals surface area contributed by atoms with Crippen LogP contribution < -0.4 is 5.32 Å². The summed E-state index contributed by atoms with van der Waals surface area (Å²) >= 11 is 0. The van der Waals surface area contributed by atoms with E-state index in [-0.39, 0.29) is 11.3 Å². The number of aryl methyl sites for hydroxylation is 1. The Morgan fingerprint density at radius 3 is 2.48 bits per heavy atom. The highest BCUT2D eigenvalue weighted by Crippen LogP contribution is 2.29. The first-order chi connectivity index (χ1) is 13.4. The molecule has 0 saturated carbocycles. The van der Waals surface area contributed by atoms with E-state index in [2.05, 4.69) is 24.1 Å². The van der Waals surface area contributed by atoms with Gasteiger partial charge in [-0.3, -0.25) is 4.90 Å². The van der Waals surface area contributed by atoms with Gasteiger partial charge < -0.3 is 5.32 Å². The Morgan fingerprint density at radius 1 is 1.17 bits per heavy atom. The van der Waals surface area contributed by atoms with Gasteiger partial charge in [0.1, 0.15) is 10.7 Å². The summed E-state index contributed by atoms with van der Waals surface area (Å²) in [6.07, 6.45) is 3.47. The quantitative estimate of drug-likeness (QED) is 0.719. The number of benzene rings is 1. The molecule has 2 heterocycles. The zero-order valence-corrected chi connectivity index (χ0v) is 19.0. The SMILES string of the molecule is Cc1ccc(F)c(S(=O)(=O)[C@H]2CS(=O)(=O)C[C@@H]2NCC(C)(C)N2CCCCC2)c1. The Balaban J connectivity index is 1.83. The van der Waals surface area contributed by atoms with Crippen LogP contribution in [0.15, 0.2) is 23.1 Å². The molecular formula is C20H31FN2O4S2. The van der Waals surface area contributed by atoms with Crippen molar-refractivity contribution >= 4 is 19.7 Å². The minimum atomic E-state index is -4.13. The lowest BCUT2D eigenvalue weighted by molar-refractivity contribution is 0.0925. The maximum absolute atomic E-state index is 14.3. The third kappa shape index (κ3) is 5.00. The number of hydrogen-bond donors (Lipinski definition) is 1. The predicted octanol–water partition coefficient (Wildman–Crippen LogP) is 1.93. The summed E-state index contributed by atoms with van der Waals surface area (Å²) in [4.78, 5) is 1.94. The van der Waals surface area contributed by atoms with Crippen LogP contribution in [0.25, 0.3) is 0 Å². The van der Waals surface area contributed by atoms with Crippen LogP contribution in [-0.4, -0.2) is 69.7 Å². The molecule has 1 aromatic rings. The molecule has 2 atom stereocenters. The van der Waals surface area contributed by atoms with E-state index in [1.165, 1.54) is 18.6 Å². The van der Waals surface area contributed by atoms with Crippen molar-refractivity contribution in [1.82, 2.24) is 10.2 Å². The molecule has 9 heteroatoms. The van der Waals surface area contributed by atoms with Gasteiger partial charge in [0.05, 0.1) is 16.8 Å². The van der Waals surface area contributed by atoms with Crippen molar-refractivity contribution in [2.24, 2.45) is 0 Å². The predicted molar refractivity (Wildman–Crippen MR) is 112 cm³/mol. The van der Waals surface area contributed by atoms with Crippen LogP contribution in [0.5, 0.6) is 0 Å². The smallest absolute Gasteiger partial charge is 0.186 e. The van der Waals surface area contributed by atoms with Crippen LogP contribution >= 0.6 is 0 Å². The Kier molecular flexibility index (Phi) is 6.44. The maximum atomic E-state index is 14.3. The van der Waals surface area contributed by atoms with Crippen molar-refractivity contribution in [2.45, 2.75) is 61.8 Å². The van der Waals surface area contributed by atoms with Crippen molar-refractivity contribution in [2.75, 3.05) is 31.1 Å². The summed E-state index contributed by atoms with van der Waals surface area (Å²) in [5.41, 5.74) is 0.386. The fourth-order valence-corrected chi connectivity index (χ4v) is 9.16. The van der Waals surface area contributed by atoms with E-state index in [1.54, 1.807) is 6.92 Å². The Morgan fingerprint density at radius 2 is 1.83 bits per heavy atom. The van der Waals surface area contributed by atoms with Crippen molar-refractivity contribution in [3.05, 3.63) is 29.6 Å². The summed E-state index contributed by atoms with van der Waals surface area (Å²) < 4.78 is 65.3. The number of nitrogens with one attached hydrogen (secondary N) is 1. The van der Waals surface area contributed by atoms with Crippen molar-refractivity contribution in [1.29, 1.82) is 0 Å². The van der Waals surface area contributed by atoms with Crippen molar-refractivity contribution in [3.8, 4) is 0 Å². The highest BCUT2D eigenvalue weighted by molar-refractivity contribution is 7.96. The fourth-order valence-electron chi connectivity index (χ4n) is 4.30. The second-order valence-corrected chi connectivity index (χ2v) is 13.2. The van der Waals surface area contributed by atoms with E-state index in [9.17, 15) is 21.2 Å². The first kappa shape index (κ1) is 22.7. The molecule has 0 unspecified atom stereocenters. The van der Waals surface area contributed by atoms with Crippen LogP contribution in [-0.2, 0) is 19.7 Å². The number of hydrogen-bond acceptors (Lipinski definition) is 6. The van der Waals surface area contributed by atoms with E-state index < -0.39 is 47.4 Å². The summed E-state index contributed by atoms with van der Waals surface area (Å²) in [6, 6.07) is 3.14. The van der Waals surface area contributed by atoms with Crippen molar-refractivity contribution in [3.63, 3.8) is 0 Å². The van der Waals surface area contributed by atoms with Crippen LogP contribution in [0, 0.1) is 12.7 Å². The standard InChI is InChI=1S/C20H31FN2O4S2/c1-15-7-8-16(21)18(11-15)29(26,27)19-13-28(24,25)12-17(19)22-14-20(2,3)23-9-5-4-6-10-23/h7-8,11,17,19,22H,4-6,9-10,12-14H2,1-3H3/t17-,19-/m0/s1. The molecule has 2 fully saturated rings. The largest absolute Gasteiger partial charge is 0.310 e.